The molecule has 2 aromatic rings. The van der Waals surface area contributed by atoms with E-state index in [1.807, 2.05) is 12.1 Å². The lowest BCUT2D eigenvalue weighted by molar-refractivity contribution is -0.0245. The number of rotatable bonds is 3. The van der Waals surface area contributed by atoms with E-state index in [1.165, 1.54) is 12.5 Å². The maximum atomic E-state index is 12.1. The summed E-state index contributed by atoms with van der Waals surface area (Å²) in [7, 11) is 1.77. The zero-order valence-electron chi connectivity index (χ0n) is 11.4. The van der Waals surface area contributed by atoms with Gasteiger partial charge in [0.05, 0.1) is 5.69 Å². The van der Waals surface area contributed by atoms with Crippen LogP contribution < -0.4 is 11.1 Å². The van der Waals surface area contributed by atoms with E-state index in [-0.39, 0.29) is 5.91 Å². The number of benzene rings is 1. The van der Waals surface area contributed by atoms with Crippen LogP contribution in [0.25, 0.3) is 0 Å². The average molecular weight is 285 g/mol. The SMILES string of the molecule is Cn1cc(N)cc1C(=O)Nc1ccc(C2OC=CO2)cc1. The Morgan fingerprint density at radius 1 is 1.24 bits per heavy atom. The summed E-state index contributed by atoms with van der Waals surface area (Å²) in [6.45, 7) is 0. The Bertz CT molecular complexity index is 681. The smallest absolute Gasteiger partial charge is 0.272 e. The third kappa shape index (κ3) is 2.69. The number of nitrogen functional groups attached to an aromatic ring is 1. The molecule has 0 saturated carbocycles. The molecule has 3 N–H and O–H groups in total. The van der Waals surface area contributed by atoms with Crippen molar-refractivity contribution in [1.29, 1.82) is 0 Å². The lowest BCUT2D eigenvalue weighted by atomic mass is 10.2. The number of ether oxygens (including phenoxy) is 2. The number of hydrogen-bond acceptors (Lipinski definition) is 4. The molecule has 1 amide bonds. The van der Waals surface area contributed by atoms with Crippen molar-refractivity contribution in [2.45, 2.75) is 6.29 Å². The van der Waals surface area contributed by atoms with Gasteiger partial charge in [0, 0.05) is 24.5 Å². The molecular formula is C15H15N3O3. The third-order valence-corrected chi connectivity index (χ3v) is 3.16. The summed E-state index contributed by atoms with van der Waals surface area (Å²) in [5, 5.41) is 2.82. The zero-order chi connectivity index (χ0) is 14.8. The van der Waals surface area contributed by atoms with Crippen molar-refractivity contribution in [2.75, 3.05) is 11.1 Å². The quantitative estimate of drug-likeness (QED) is 0.907. The van der Waals surface area contributed by atoms with E-state index < -0.39 is 6.29 Å². The number of carbonyl (C=O) groups is 1. The minimum atomic E-state index is -0.414. The summed E-state index contributed by atoms with van der Waals surface area (Å²) in [6, 6.07) is 8.91. The van der Waals surface area contributed by atoms with E-state index in [0.717, 1.165) is 5.56 Å². The molecule has 1 aliphatic rings. The van der Waals surface area contributed by atoms with Crippen molar-refractivity contribution in [1.82, 2.24) is 4.57 Å². The van der Waals surface area contributed by atoms with Crippen LogP contribution in [0.15, 0.2) is 49.1 Å². The lowest BCUT2D eigenvalue weighted by Gasteiger charge is -2.11. The summed E-state index contributed by atoms with van der Waals surface area (Å²) < 4.78 is 12.2. The number of carbonyl (C=O) groups excluding carboxylic acids is 1. The molecule has 6 heteroatoms. The van der Waals surface area contributed by atoms with Crippen LogP contribution in [-0.2, 0) is 16.5 Å². The molecule has 0 radical (unpaired) electrons. The van der Waals surface area contributed by atoms with Crippen molar-refractivity contribution < 1.29 is 14.3 Å². The van der Waals surface area contributed by atoms with Gasteiger partial charge in [-0.15, -0.1) is 0 Å². The fraction of sp³-hybridized carbons (Fsp3) is 0.133. The van der Waals surface area contributed by atoms with E-state index in [4.69, 9.17) is 15.2 Å². The minimum Gasteiger partial charge on any atom is -0.455 e. The third-order valence-electron chi connectivity index (χ3n) is 3.16. The lowest BCUT2D eigenvalue weighted by Crippen LogP contribution is -2.15. The predicted octanol–water partition coefficient (Wildman–Crippen LogP) is 2.38. The molecule has 1 aromatic heterocycles. The van der Waals surface area contributed by atoms with E-state index >= 15 is 0 Å². The van der Waals surface area contributed by atoms with Crippen molar-refractivity contribution in [3.05, 3.63) is 60.3 Å². The molecular weight excluding hydrogens is 270 g/mol. The van der Waals surface area contributed by atoms with Gasteiger partial charge in [-0.3, -0.25) is 4.79 Å². The van der Waals surface area contributed by atoms with E-state index in [2.05, 4.69) is 5.32 Å². The second-order valence-electron chi connectivity index (χ2n) is 4.72. The van der Waals surface area contributed by atoms with Gasteiger partial charge in [-0.2, -0.15) is 0 Å². The van der Waals surface area contributed by atoms with E-state index in [9.17, 15) is 4.79 Å². The summed E-state index contributed by atoms with van der Waals surface area (Å²) in [5.41, 5.74) is 8.29. The summed E-state index contributed by atoms with van der Waals surface area (Å²) >= 11 is 0. The molecule has 0 aliphatic carbocycles. The first kappa shape index (κ1) is 13.1. The van der Waals surface area contributed by atoms with Crippen molar-refractivity contribution in [2.24, 2.45) is 7.05 Å². The number of anilines is 2. The zero-order valence-corrected chi connectivity index (χ0v) is 11.4. The number of nitrogens with two attached hydrogens (primary N) is 1. The number of nitrogens with one attached hydrogen (secondary N) is 1. The second kappa shape index (κ2) is 5.24. The normalized spacial score (nSPS) is 13.8. The second-order valence-corrected chi connectivity index (χ2v) is 4.72. The van der Waals surface area contributed by atoms with Crippen LogP contribution >= 0.6 is 0 Å². The Hall–Kier alpha value is -2.89. The van der Waals surface area contributed by atoms with Crippen LogP contribution in [0, 0.1) is 0 Å². The van der Waals surface area contributed by atoms with Gasteiger partial charge in [-0.1, -0.05) is 0 Å². The first-order chi connectivity index (χ1) is 10.1. The van der Waals surface area contributed by atoms with Crippen LogP contribution in [0.2, 0.25) is 0 Å². The summed E-state index contributed by atoms with van der Waals surface area (Å²) in [6.07, 6.45) is 4.28. The van der Waals surface area contributed by atoms with Crippen LogP contribution in [0.4, 0.5) is 11.4 Å². The minimum absolute atomic E-state index is 0.211. The fourth-order valence-corrected chi connectivity index (χ4v) is 2.13. The van der Waals surface area contributed by atoms with Gasteiger partial charge in [0.15, 0.2) is 0 Å². The van der Waals surface area contributed by atoms with Gasteiger partial charge in [0.1, 0.15) is 18.2 Å². The Kier molecular flexibility index (Phi) is 3.27. The monoisotopic (exact) mass is 285 g/mol. The van der Waals surface area contributed by atoms with Crippen LogP contribution in [0.3, 0.4) is 0 Å². The van der Waals surface area contributed by atoms with Gasteiger partial charge < -0.3 is 25.1 Å². The number of nitrogens with zero attached hydrogens (tertiary/aromatic N) is 1. The number of aromatic nitrogens is 1. The highest BCUT2D eigenvalue weighted by atomic mass is 16.7. The van der Waals surface area contributed by atoms with Crippen LogP contribution in [-0.4, -0.2) is 10.5 Å². The Morgan fingerprint density at radius 2 is 1.90 bits per heavy atom. The molecule has 1 aliphatic heterocycles. The summed E-state index contributed by atoms with van der Waals surface area (Å²) in [5.74, 6) is -0.211. The van der Waals surface area contributed by atoms with Crippen molar-refractivity contribution in [3.8, 4) is 0 Å². The van der Waals surface area contributed by atoms with Crippen molar-refractivity contribution in [3.63, 3.8) is 0 Å². The van der Waals surface area contributed by atoms with E-state index in [1.54, 1.807) is 36.0 Å². The predicted molar refractivity (Wildman–Crippen MR) is 78.3 cm³/mol. The van der Waals surface area contributed by atoms with Crippen molar-refractivity contribution >= 4 is 17.3 Å². The topological polar surface area (TPSA) is 78.5 Å². The molecule has 0 bridgehead atoms. The number of aryl methyl sites for hydroxylation is 1. The molecule has 6 nitrogen and oxygen atoms in total. The average Bonchev–Trinajstić information content (AvgIpc) is 3.09. The Morgan fingerprint density at radius 3 is 2.48 bits per heavy atom. The fourth-order valence-electron chi connectivity index (χ4n) is 2.13. The molecule has 21 heavy (non-hydrogen) atoms. The molecule has 2 heterocycles. The summed E-state index contributed by atoms with van der Waals surface area (Å²) in [4.78, 5) is 12.1. The molecule has 108 valence electrons. The van der Waals surface area contributed by atoms with Gasteiger partial charge >= 0.3 is 0 Å². The van der Waals surface area contributed by atoms with Gasteiger partial charge in [0.2, 0.25) is 0 Å². The van der Waals surface area contributed by atoms with E-state index in [0.29, 0.717) is 17.1 Å². The maximum Gasteiger partial charge on any atom is 0.272 e. The molecule has 0 atom stereocenters. The maximum absolute atomic E-state index is 12.1. The van der Waals surface area contributed by atoms with Crippen LogP contribution in [0.1, 0.15) is 22.3 Å². The van der Waals surface area contributed by atoms with Crippen LogP contribution in [0.5, 0.6) is 0 Å². The standard InChI is InChI=1S/C15H15N3O3/c1-18-9-11(16)8-13(18)14(19)17-12-4-2-10(3-5-12)15-20-6-7-21-15/h2-9,15H,16H2,1H3,(H,17,19). The van der Waals surface area contributed by atoms with Gasteiger partial charge in [0.25, 0.3) is 12.2 Å². The molecule has 3 rings (SSSR count). The molecule has 0 unspecified atom stereocenters. The first-order valence-electron chi connectivity index (χ1n) is 6.42. The highest BCUT2D eigenvalue weighted by Crippen LogP contribution is 2.25. The molecule has 1 aromatic carbocycles. The van der Waals surface area contributed by atoms with Gasteiger partial charge in [-0.05, 0) is 30.3 Å². The Balaban J connectivity index is 1.70. The molecule has 0 spiro atoms. The largest absolute Gasteiger partial charge is 0.455 e. The molecule has 0 saturated heterocycles. The number of hydrogen-bond donors (Lipinski definition) is 2. The number of amides is 1. The van der Waals surface area contributed by atoms with Gasteiger partial charge in [-0.25, -0.2) is 0 Å². The highest BCUT2D eigenvalue weighted by Gasteiger charge is 2.15. The first-order valence-corrected chi connectivity index (χ1v) is 6.42. The molecule has 0 fully saturated rings. The highest BCUT2D eigenvalue weighted by molar-refractivity contribution is 6.03. The Labute approximate surface area is 121 Å².